The Morgan fingerprint density at radius 3 is 2.15 bits per heavy atom. The summed E-state index contributed by atoms with van der Waals surface area (Å²) in [4.78, 5) is 4.50. The third-order valence-electron chi connectivity index (χ3n) is 6.40. The van der Waals surface area contributed by atoms with Crippen molar-refractivity contribution in [3.05, 3.63) is 116 Å². The van der Waals surface area contributed by atoms with Gasteiger partial charge in [0, 0.05) is 48.7 Å². The molecule has 0 amide bonds. The van der Waals surface area contributed by atoms with E-state index in [9.17, 15) is 0 Å². The van der Waals surface area contributed by atoms with Gasteiger partial charge in [0.2, 0.25) is 0 Å². The Morgan fingerprint density at radius 1 is 0.559 bits per heavy atom. The molecule has 7 aromatic rings. The van der Waals surface area contributed by atoms with Crippen LogP contribution < -0.4 is 4.74 Å². The number of hydrogen-bond acceptors (Lipinski definition) is 3. The zero-order valence-electron chi connectivity index (χ0n) is 18.2. The second-order valence-corrected chi connectivity index (χ2v) is 9.48. The quantitative estimate of drug-likeness (QED) is 0.249. The summed E-state index contributed by atoms with van der Waals surface area (Å²) in [5, 5.41) is 7.00. The third kappa shape index (κ3) is 2.98. The summed E-state index contributed by atoms with van der Waals surface area (Å²) in [5.74, 6) is 1.69. The number of nitrogens with zero attached hydrogens (tertiary/aromatic N) is 1. The largest absolute Gasteiger partial charge is 0.456 e. The summed E-state index contributed by atoms with van der Waals surface area (Å²) < 4.78 is 9.11. The van der Waals surface area contributed by atoms with Crippen LogP contribution in [0.15, 0.2) is 116 Å². The zero-order valence-corrected chi connectivity index (χ0v) is 19.0. The zero-order chi connectivity index (χ0) is 22.5. The first-order chi connectivity index (χ1) is 16.9. The maximum Gasteiger partial charge on any atom is 0.143 e. The molecule has 2 nitrogen and oxygen atoms in total. The fourth-order valence-corrected chi connectivity index (χ4v) is 5.98. The summed E-state index contributed by atoms with van der Waals surface area (Å²) in [6.07, 6.45) is 3.80. The summed E-state index contributed by atoms with van der Waals surface area (Å²) in [6.45, 7) is 0. The highest BCUT2D eigenvalue weighted by atomic mass is 32.1. The van der Waals surface area contributed by atoms with Gasteiger partial charge < -0.3 is 4.74 Å². The monoisotopic (exact) mass is 453 g/mol. The van der Waals surface area contributed by atoms with Gasteiger partial charge in [-0.05, 0) is 52.9 Å². The number of hydrogen-bond donors (Lipinski definition) is 0. The predicted molar refractivity (Wildman–Crippen MR) is 144 cm³/mol. The number of ether oxygens (including phenoxy) is 1. The third-order valence-corrected chi connectivity index (χ3v) is 7.56. The fraction of sp³-hybridized carbons (Fsp3) is 0. The van der Waals surface area contributed by atoms with Crippen LogP contribution >= 0.6 is 11.3 Å². The maximum absolute atomic E-state index is 6.49. The lowest BCUT2D eigenvalue weighted by molar-refractivity contribution is 0.494. The van der Waals surface area contributed by atoms with Gasteiger partial charge in [-0.3, -0.25) is 4.98 Å². The topological polar surface area (TPSA) is 22.1 Å². The molecule has 0 N–H and O–H groups in total. The molecule has 3 heteroatoms. The molecule has 0 saturated heterocycles. The van der Waals surface area contributed by atoms with Crippen LogP contribution in [0.5, 0.6) is 11.5 Å². The van der Waals surface area contributed by atoms with Crippen LogP contribution in [0.2, 0.25) is 0 Å². The molecule has 0 fully saturated rings. The van der Waals surface area contributed by atoms with E-state index in [1.54, 1.807) is 0 Å². The Balaban J connectivity index is 1.56. The Bertz CT molecular complexity index is 1780. The van der Waals surface area contributed by atoms with E-state index in [0.29, 0.717) is 0 Å². The van der Waals surface area contributed by atoms with E-state index in [2.05, 4.69) is 77.8 Å². The minimum atomic E-state index is 0.824. The first-order valence-electron chi connectivity index (χ1n) is 11.3. The number of para-hydroxylation sites is 1. The molecule has 0 unspecified atom stereocenters. The highest BCUT2D eigenvalue weighted by molar-refractivity contribution is 7.25. The number of benzene rings is 5. The van der Waals surface area contributed by atoms with Crippen LogP contribution in [0.25, 0.3) is 52.8 Å². The molecule has 34 heavy (non-hydrogen) atoms. The molecule has 160 valence electrons. The Labute approximate surface area is 200 Å². The Morgan fingerprint density at radius 2 is 1.26 bits per heavy atom. The minimum absolute atomic E-state index is 0.824. The molecule has 7 rings (SSSR count). The molecule has 0 atom stereocenters. The number of rotatable bonds is 3. The minimum Gasteiger partial charge on any atom is -0.456 e. The van der Waals surface area contributed by atoms with Crippen molar-refractivity contribution in [2.75, 3.05) is 0 Å². The average Bonchev–Trinajstić information content (AvgIpc) is 3.27. The Kier molecular flexibility index (Phi) is 4.36. The van der Waals surface area contributed by atoms with Gasteiger partial charge >= 0.3 is 0 Å². The second kappa shape index (κ2) is 7.68. The number of thiophene rings is 1. The molecule has 5 aromatic carbocycles. The van der Waals surface area contributed by atoms with Gasteiger partial charge in [0.15, 0.2) is 0 Å². The van der Waals surface area contributed by atoms with Gasteiger partial charge in [-0.15, -0.1) is 11.3 Å². The van der Waals surface area contributed by atoms with E-state index >= 15 is 0 Å². The lowest BCUT2D eigenvalue weighted by Gasteiger charge is -2.17. The van der Waals surface area contributed by atoms with Crippen molar-refractivity contribution in [1.29, 1.82) is 0 Å². The van der Waals surface area contributed by atoms with E-state index in [1.165, 1.54) is 31.3 Å². The van der Waals surface area contributed by atoms with Gasteiger partial charge in [0.05, 0.1) is 0 Å². The lowest BCUT2D eigenvalue weighted by Crippen LogP contribution is -1.92. The van der Waals surface area contributed by atoms with Crippen LogP contribution in [0, 0.1) is 0 Å². The second-order valence-electron chi connectivity index (χ2n) is 8.40. The standard InChI is InChI=1S/C31H19NOS/c1-2-8-21(9-3-1)33-31-24-12-5-4-11-23(24)30(27-19-32-17-16-25(27)31)20-14-15-29-26(18-20)22-10-6-7-13-28(22)34-29/h1-19H. The van der Waals surface area contributed by atoms with E-state index in [-0.39, 0.29) is 0 Å². The van der Waals surface area contributed by atoms with Gasteiger partial charge in [-0.2, -0.15) is 0 Å². The maximum atomic E-state index is 6.49. The van der Waals surface area contributed by atoms with Crippen molar-refractivity contribution in [2.24, 2.45) is 0 Å². The van der Waals surface area contributed by atoms with E-state index < -0.39 is 0 Å². The summed E-state index contributed by atoms with van der Waals surface area (Å²) in [5.41, 5.74) is 2.38. The molecule has 0 aliphatic rings. The summed E-state index contributed by atoms with van der Waals surface area (Å²) >= 11 is 1.84. The van der Waals surface area contributed by atoms with Crippen LogP contribution in [0.3, 0.4) is 0 Å². The van der Waals surface area contributed by atoms with E-state index in [4.69, 9.17) is 4.74 Å². The van der Waals surface area contributed by atoms with Gasteiger partial charge in [-0.25, -0.2) is 0 Å². The first-order valence-corrected chi connectivity index (χ1v) is 12.1. The Hall–Kier alpha value is -4.21. The molecule has 0 radical (unpaired) electrons. The van der Waals surface area contributed by atoms with Gasteiger partial charge in [0.25, 0.3) is 0 Å². The molecule has 0 aliphatic carbocycles. The van der Waals surface area contributed by atoms with Crippen LogP contribution in [0.1, 0.15) is 0 Å². The van der Waals surface area contributed by atoms with Gasteiger partial charge in [0.1, 0.15) is 11.5 Å². The molecule has 0 bridgehead atoms. The lowest BCUT2D eigenvalue weighted by atomic mass is 9.91. The van der Waals surface area contributed by atoms with Crippen molar-refractivity contribution in [2.45, 2.75) is 0 Å². The van der Waals surface area contributed by atoms with Crippen LogP contribution in [-0.2, 0) is 0 Å². The summed E-state index contributed by atoms with van der Waals surface area (Å²) in [7, 11) is 0. The predicted octanol–water partition coefficient (Wildman–Crippen LogP) is 9.22. The molecule has 0 spiro atoms. The van der Waals surface area contributed by atoms with Crippen molar-refractivity contribution >= 4 is 53.1 Å². The van der Waals surface area contributed by atoms with Crippen LogP contribution in [0.4, 0.5) is 0 Å². The molecule has 2 heterocycles. The molecular weight excluding hydrogens is 434 g/mol. The number of fused-ring (bicyclic) bond motifs is 5. The van der Waals surface area contributed by atoms with Crippen LogP contribution in [-0.4, -0.2) is 4.98 Å². The average molecular weight is 454 g/mol. The first kappa shape index (κ1) is 19.3. The highest BCUT2D eigenvalue weighted by Gasteiger charge is 2.18. The SMILES string of the molecule is c1ccc(Oc2c3ccccc3c(-c3ccc4sc5ccccc5c4c3)c3cnccc23)cc1. The van der Waals surface area contributed by atoms with Crippen molar-refractivity contribution in [3.63, 3.8) is 0 Å². The normalized spacial score (nSPS) is 11.5. The highest BCUT2D eigenvalue weighted by Crippen LogP contribution is 2.45. The smallest absolute Gasteiger partial charge is 0.143 e. The van der Waals surface area contributed by atoms with E-state index in [0.717, 1.165) is 33.0 Å². The molecule has 0 saturated carbocycles. The summed E-state index contributed by atoms with van der Waals surface area (Å²) in [6, 6.07) is 36.0. The molecular formula is C31H19NOS. The van der Waals surface area contributed by atoms with Crippen molar-refractivity contribution in [1.82, 2.24) is 4.98 Å². The van der Waals surface area contributed by atoms with E-state index in [1.807, 2.05) is 54.1 Å². The number of aromatic nitrogens is 1. The fourth-order valence-electron chi connectivity index (χ4n) is 4.89. The molecule has 0 aliphatic heterocycles. The number of pyridine rings is 1. The molecule has 2 aromatic heterocycles. The van der Waals surface area contributed by atoms with Gasteiger partial charge in [-0.1, -0.05) is 66.7 Å². The van der Waals surface area contributed by atoms with Crippen molar-refractivity contribution < 1.29 is 4.74 Å². The van der Waals surface area contributed by atoms with Crippen molar-refractivity contribution in [3.8, 4) is 22.6 Å².